The van der Waals surface area contributed by atoms with Gasteiger partial charge in [-0.15, -0.1) is 0 Å². The molecule has 1 amide bonds. The van der Waals surface area contributed by atoms with Gasteiger partial charge in [0.05, 0.1) is 67.5 Å². The van der Waals surface area contributed by atoms with E-state index in [1.54, 1.807) is 16.9 Å². The summed E-state index contributed by atoms with van der Waals surface area (Å²) in [4.78, 5) is 22.2. The van der Waals surface area contributed by atoms with Crippen molar-refractivity contribution in [2.45, 2.75) is 62.1 Å². The molecule has 9 heterocycles. The first-order valence-electron chi connectivity index (χ1n) is 15.3. The maximum absolute atomic E-state index is 13.0. The van der Waals surface area contributed by atoms with Gasteiger partial charge in [-0.05, 0) is 50.4 Å². The highest BCUT2D eigenvalue weighted by Gasteiger charge is 2.49. The van der Waals surface area contributed by atoms with Crippen molar-refractivity contribution in [1.29, 1.82) is 5.26 Å². The fraction of sp³-hybridized carbons (Fsp3) is 0.548. The number of nitrogens with one attached hydrogen (secondary N) is 1. The Bertz CT molecular complexity index is 1550. The number of ether oxygens (including phenoxy) is 3. The van der Waals surface area contributed by atoms with E-state index in [9.17, 15) is 15.2 Å². The highest BCUT2D eigenvalue weighted by Crippen LogP contribution is 2.37. The number of hydrogen-bond donors (Lipinski definition) is 2. The standard InChI is InChI=1S/C31H35N7O5/c32-10-20-12-35-37-15-23(41-7-5-19-16-42-30-26(39)17-43-29(19)30)9-24(28(20)37)18-3-4-27(34-11-18)36-13-21-8-22(14-36)38(21)31(40)25-2-1-6-33-25/h3-4,9,11-12,15,19,21-22,25-26,29-30,33,39H,1-2,5-8,13-14,16-17H2. The lowest BCUT2D eigenvalue weighted by atomic mass is 9.86. The molecule has 0 saturated carbocycles. The van der Waals surface area contributed by atoms with Gasteiger partial charge in [-0.2, -0.15) is 10.4 Å². The normalized spacial score (nSPS) is 31.2. The molecule has 6 aliphatic heterocycles. The third-order valence-electron chi connectivity index (χ3n) is 9.78. The Hall–Kier alpha value is -3.76. The number of aliphatic hydroxyl groups excluding tert-OH is 1. The van der Waals surface area contributed by atoms with Crippen LogP contribution >= 0.6 is 0 Å². The number of aliphatic hydroxyl groups is 1. The van der Waals surface area contributed by atoms with Crippen LogP contribution < -0.4 is 15.0 Å². The van der Waals surface area contributed by atoms with E-state index in [0.29, 0.717) is 36.7 Å². The summed E-state index contributed by atoms with van der Waals surface area (Å²) >= 11 is 0. The first-order valence-corrected chi connectivity index (χ1v) is 15.3. The summed E-state index contributed by atoms with van der Waals surface area (Å²) in [6.45, 7) is 3.82. The van der Waals surface area contributed by atoms with E-state index < -0.39 is 6.10 Å². The lowest BCUT2D eigenvalue weighted by Crippen LogP contribution is -2.72. The lowest BCUT2D eigenvalue weighted by molar-refractivity contribution is -0.148. The molecular formula is C31H35N7O5. The number of nitrogens with zero attached hydrogens (tertiary/aromatic N) is 6. The molecule has 6 fully saturated rings. The maximum Gasteiger partial charge on any atom is 0.240 e. The van der Waals surface area contributed by atoms with Crippen LogP contribution in [-0.2, 0) is 14.3 Å². The van der Waals surface area contributed by atoms with Crippen molar-refractivity contribution in [3.8, 4) is 22.9 Å². The van der Waals surface area contributed by atoms with E-state index >= 15 is 0 Å². The predicted octanol–water partition coefficient (Wildman–Crippen LogP) is 1.35. The minimum absolute atomic E-state index is 0.0212. The predicted molar refractivity (Wildman–Crippen MR) is 155 cm³/mol. The van der Waals surface area contributed by atoms with Crippen LogP contribution in [0.5, 0.6) is 5.75 Å². The van der Waals surface area contributed by atoms with Crippen molar-refractivity contribution in [3.05, 3.63) is 42.4 Å². The summed E-state index contributed by atoms with van der Waals surface area (Å²) in [5.74, 6) is 1.95. The molecule has 43 heavy (non-hydrogen) atoms. The summed E-state index contributed by atoms with van der Waals surface area (Å²) in [5.41, 5.74) is 2.87. The average Bonchev–Trinajstić information content (AvgIpc) is 3.84. The second-order valence-electron chi connectivity index (χ2n) is 12.4. The van der Waals surface area contributed by atoms with Crippen LogP contribution in [0.4, 0.5) is 5.82 Å². The number of carbonyl (C=O) groups excluding carboxylic acids is 1. The molecule has 6 saturated heterocycles. The topological polar surface area (TPSA) is 137 Å². The maximum atomic E-state index is 13.0. The number of hydrogen-bond acceptors (Lipinski definition) is 10. The molecule has 0 spiro atoms. The summed E-state index contributed by atoms with van der Waals surface area (Å²) in [5, 5.41) is 27.5. The van der Waals surface area contributed by atoms with Crippen LogP contribution in [0.15, 0.2) is 36.8 Å². The molecule has 6 aliphatic rings. The molecule has 9 rings (SSSR count). The van der Waals surface area contributed by atoms with Gasteiger partial charge in [0.1, 0.15) is 29.8 Å². The van der Waals surface area contributed by atoms with Gasteiger partial charge in [-0.1, -0.05) is 0 Å². The lowest BCUT2D eigenvalue weighted by Gasteiger charge is -2.57. The number of rotatable bonds is 7. The summed E-state index contributed by atoms with van der Waals surface area (Å²) < 4.78 is 19.4. The molecule has 12 heteroatoms. The number of piperazine rings is 1. The van der Waals surface area contributed by atoms with Gasteiger partial charge in [0.15, 0.2) is 0 Å². The Morgan fingerprint density at radius 2 is 2.05 bits per heavy atom. The van der Waals surface area contributed by atoms with E-state index in [1.807, 2.05) is 24.4 Å². The van der Waals surface area contributed by atoms with E-state index in [2.05, 4.69) is 26.3 Å². The first kappa shape index (κ1) is 26.8. The Morgan fingerprint density at radius 1 is 1.19 bits per heavy atom. The van der Waals surface area contributed by atoms with Gasteiger partial charge < -0.3 is 34.4 Å². The Balaban J connectivity index is 0.973. The molecule has 2 N–H and O–H groups in total. The fourth-order valence-corrected chi connectivity index (χ4v) is 7.58. The average molecular weight is 586 g/mol. The van der Waals surface area contributed by atoms with Crippen molar-refractivity contribution in [2.75, 3.05) is 44.4 Å². The van der Waals surface area contributed by atoms with Gasteiger partial charge in [-0.3, -0.25) is 4.79 Å². The molecule has 0 radical (unpaired) electrons. The van der Waals surface area contributed by atoms with Gasteiger partial charge in [0.25, 0.3) is 0 Å². The van der Waals surface area contributed by atoms with Gasteiger partial charge in [-0.25, -0.2) is 9.50 Å². The number of anilines is 1. The first-order chi connectivity index (χ1) is 21.1. The summed E-state index contributed by atoms with van der Waals surface area (Å²) in [6, 6.07) is 8.69. The van der Waals surface area contributed by atoms with Crippen molar-refractivity contribution in [1.82, 2.24) is 24.8 Å². The smallest absolute Gasteiger partial charge is 0.240 e. The van der Waals surface area contributed by atoms with Crippen LogP contribution in [0.25, 0.3) is 16.6 Å². The third-order valence-corrected chi connectivity index (χ3v) is 9.78. The molecule has 12 nitrogen and oxygen atoms in total. The second-order valence-corrected chi connectivity index (χ2v) is 12.4. The summed E-state index contributed by atoms with van der Waals surface area (Å²) in [6.07, 6.45) is 8.08. The Labute approximate surface area is 249 Å². The van der Waals surface area contributed by atoms with Crippen LogP contribution in [-0.4, -0.2) is 106 Å². The van der Waals surface area contributed by atoms with Gasteiger partial charge in [0, 0.05) is 36.3 Å². The van der Waals surface area contributed by atoms with E-state index in [-0.39, 0.29) is 42.2 Å². The number of nitriles is 1. The van der Waals surface area contributed by atoms with Crippen molar-refractivity contribution >= 4 is 17.2 Å². The third kappa shape index (κ3) is 4.62. The van der Waals surface area contributed by atoms with Gasteiger partial charge >= 0.3 is 0 Å². The number of amides is 1. The molecule has 2 bridgehead atoms. The minimum Gasteiger partial charge on any atom is -0.492 e. The molecule has 0 aromatic carbocycles. The fourth-order valence-electron chi connectivity index (χ4n) is 7.58. The minimum atomic E-state index is -0.561. The zero-order valence-corrected chi connectivity index (χ0v) is 23.8. The second kappa shape index (κ2) is 10.7. The van der Waals surface area contributed by atoms with Crippen LogP contribution in [0.2, 0.25) is 0 Å². The zero-order valence-electron chi connectivity index (χ0n) is 23.8. The Kier molecular flexibility index (Phi) is 6.71. The highest BCUT2D eigenvalue weighted by molar-refractivity contribution is 5.85. The van der Waals surface area contributed by atoms with E-state index in [4.69, 9.17) is 19.2 Å². The Morgan fingerprint density at radius 3 is 2.81 bits per heavy atom. The quantitative estimate of drug-likeness (QED) is 0.418. The zero-order chi connectivity index (χ0) is 29.1. The molecule has 3 aromatic heterocycles. The molecule has 3 aromatic rings. The van der Waals surface area contributed by atoms with Crippen LogP contribution in [0.1, 0.15) is 31.2 Å². The van der Waals surface area contributed by atoms with E-state index in [0.717, 1.165) is 62.3 Å². The number of fused-ring (bicyclic) bond motifs is 4. The SMILES string of the molecule is N#Cc1cnn2cc(OCCC3COC4C(O)COC34)cc(-c3ccc(N4CC5CC(C4)N5C(=O)C4CCCN4)nc3)c12. The highest BCUT2D eigenvalue weighted by atomic mass is 16.6. The van der Waals surface area contributed by atoms with E-state index in [1.165, 1.54) is 0 Å². The number of aromatic nitrogens is 3. The van der Waals surface area contributed by atoms with Crippen molar-refractivity contribution in [2.24, 2.45) is 5.92 Å². The monoisotopic (exact) mass is 585 g/mol. The molecular weight excluding hydrogens is 550 g/mol. The van der Waals surface area contributed by atoms with Crippen LogP contribution in [0, 0.1) is 17.2 Å². The van der Waals surface area contributed by atoms with Gasteiger partial charge in [0.2, 0.25) is 5.91 Å². The number of piperidine rings is 1. The number of pyridine rings is 2. The molecule has 7 atom stereocenters. The molecule has 7 unspecified atom stereocenters. The molecule has 0 aliphatic carbocycles. The summed E-state index contributed by atoms with van der Waals surface area (Å²) in [7, 11) is 0. The van der Waals surface area contributed by atoms with Crippen molar-refractivity contribution < 1.29 is 24.1 Å². The van der Waals surface area contributed by atoms with Crippen LogP contribution in [0.3, 0.4) is 0 Å². The van der Waals surface area contributed by atoms with Crippen molar-refractivity contribution in [3.63, 3.8) is 0 Å². The number of carbonyl (C=O) groups is 1. The molecule has 224 valence electrons. The largest absolute Gasteiger partial charge is 0.492 e.